The molecule has 102 valence electrons. The lowest BCUT2D eigenvalue weighted by Gasteiger charge is -2.07. The van der Waals surface area contributed by atoms with Crippen molar-refractivity contribution in [2.75, 3.05) is 0 Å². The van der Waals surface area contributed by atoms with E-state index in [0.29, 0.717) is 0 Å². The van der Waals surface area contributed by atoms with Gasteiger partial charge in [0.05, 0.1) is 16.5 Å². The minimum absolute atomic E-state index is 0.0644. The van der Waals surface area contributed by atoms with E-state index in [1.54, 1.807) is 6.07 Å². The molecular weight excluding hydrogens is 305 g/mol. The van der Waals surface area contributed by atoms with Gasteiger partial charge in [-0.15, -0.1) is 0 Å². The number of nitrogens with zero attached hydrogens (tertiary/aromatic N) is 1. The van der Waals surface area contributed by atoms with Crippen molar-refractivity contribution in [2.45, 2.75) is 4.90 Å². The van der Waals surface area contributed by atoms with Gasteiger partial charge in [-0.25, -0.2) is 12.8 Å². The van der Waals surface area contributed by atoms with Gasteiger partial charge in [0, 0.05) is 10.7 Å². The zero-order valence-electron chi connectivity index (χ0n) is 9.88. The third-order valence-corrected chi connectivity index (χ3v) is 3.76. The van der Waals surface area contributed by atoms with Crippen molar-refractivity contribution in [1.29, 1.82) is 5.26 Å². The maximum absolute atomic E-state index is 13.6. The molecule has 7 heteroatoms. The number of hydrogen-bond donors (Lipinski definition) is 0. The Morgan fingerprint density at radius 2 is 1.80 bits per heavy atom. The number of hydrogen-bond acceptors (Lipinski definition) is 4. The quantitative estimate of drug-likeness (QED) is 0.815. The second kappa shape index (κ2) is 5.49. The summed E-state index contributed by atoms with van der Waals surface area (Å²) in [6.07, 6.45) is 0. The molecule has 0 fully saturated rings. The lowest BCUT2D eigenvalue weighted by Crippen LogP contribution is -1.92. The van der Waals surface area contributed by atoms with E-state index >= 15 is 0 Å². The Hall–Kier alpha value is -2.10. The molecule has 2 aromatic rings. The molecule has 0 aliphatic heterocycles. The number of rotatable bonds is 3. The zero-order chi connectivity index (χ0) is 14.8. The second-order valence-electron chi connectivity index (χ2n) is 3.77. The average molecular weight is 312 g/mol. The fourth-order valence-electron chi connectivity index (χ4n) is 1.45. The Labute approximate surface area is 119 Å². The van der Waals surface area contributed by atoms with Gasteiger partial charge in [-0.05, 0) is 42.5 Å². The van der Waals surface area contributed by atoms with Crippen LogP contribution in [-0.2, 0) is 9.05 Å². The second-order valence-corrected chi connectivity index (χ2v) is 6.33. The summed E-state index contributed by atoms with van der Waals surface area (Å²) in [5.41, 5.74) is 0.179. The van der Waals surface area contributed by atoms with Crippen LogP contribution in [0.15, 0.2) is 47.4 Å². The summed E-state index contributed by atoms with van der Waals surface area (Å²) in [5, 5.41) is 8.62. The zero-order valence-corrected chi connectivity index (χ0v) is 11.5. The van der Waals surface area contributed by atoms with Crippen LogP contribution in [0.2, 0.25) is 0 Å². The maximum atomic E-state index is 13.6. The van der Waals surface area contributed by atoms with E-state index in [9.17, 15) is 12.8 Å². The summed E-state index contributed by atoms with van der Waals surface area (Å²) in [7, 11) is 1.37. The highest BCUT2D eigenvalue weighted by atomic mass is 35.7. The van der Waals surface area contributed by atoms with Crippen molar-refractivity contribution in [1.82, 2.24) is 0 Å². The van der Waals surface area contributed by atoms with Crippen LogP contribution in [0.4, 0.5) is 4.39 Å². The average Bonchev–Trinajstić information content (AvgIpc) is 2.40. The molecule has 0 aliphatic rings. The Morgan fingerprint density at radius 1 is 1.15 bits per heavy atom. The Balaban J connectivity index is 2.25. The molecule has 2 rings (SSSR count). The van der Waals surface area contributed by atoms with E-state index in [1.165, 1.54) is 36.4 Å². The molecule has 4 nitrogen and oxygen atoms in total. The molecule has 0 N–H and O–H groups in total. The molecule has 0 heterocycles. The van der Waals surface area contributed by atoms with Crippen molar-refractivity contribution in [3.63, 3.8) is 0 Å². The number of halogens is 2. The van der Waals surface area contributed by atoms with E-state index in [2.05, 4.69) is 0 Å². The predicted molar refractivity (Wildman–Crippen MR) is 70.7 cm³/mol. The normalized spacial score (nSPS) is 10.8. The van der Waals surface area contributed by atoms with Crippen LogP contribution in [0.1, 0.15) is 5.56 Å². The van der Waals surface area contributed by atoms with Crippen LogP contribution in [0, 0.1) is 17.1 Å². The van der Waals surface area contributed by atoms with Crippen LogP contribution in [-0.4, -0.2) is 8.42 Å². The van der Waals surface area contributed by atoms with Gasteiger partial charge < -0.3 is 4.74 Å². The summed E-state index contributed by atoms with van der Waals surface area (Å²) in [6.45, 7) is 0. The highest BCUT2D eigenvalue weighted by molar-refractivity contribution is 8.13. The van der Waals surface area contributed by atoms with E-state index in [1.807, 2.05) is 0 Å². The Kier molecular flexibility index (Phi) is 3.93. The standard InChI is InChI=1S/C13H7ClFNO3S/c14-20(17,18)11-4-2-10(3-5-11)19-13-6-1-9(8-16)7-12(13)15/h1-7H. The third-order valence-electron chi connectivity index (χ3n) is 2.39. The van der Waals surface area contributed by atoms with Crippen LogP contribution in [0.3, 0.4) is 0 Å². The number of ether oxygens (including phenoxy) is 1. The molecule has 2 aromatic carbocycles. The molecule has 0 spiro atoms. The molecule has 0 atom stereocenters. The molecule has 0 aliphatic carbocycles. The summed E-state index contributed by atoms with van der Waals surface area (Å²) in [4.78, 5) is -0.0770. The monoisotopic (exact) mass is 311 g/mol. The fraction of sp³-hybridized carbons (Fsp3) is 0. The van der Waals surface area contributed by atoms with Crippen LogP contribution in [0.5, 0.6) is 11.5 Å². The van der Waals surface area contributed by atoms with Gasteiger partial charge >= 0.3 is 0 Å². The molecule has 0 radical (unpaired) electrons. The third kappa shape index (κ3) is 3.26. The van der Waals surface area contributed by atoms with Crippen LogP contribution >= 0.6 is 10.7 Å². The topological polar surface area (TPSA) is 67.2 Å². The first-order valence-electron chi connectivity index (χ1n) is 5.32. The van der Waals surface area contributed by atoms with Gasteiger partial charge in [-0.1, -0.05) is 0 Å². The van der Waals surface area contributed by atoms with E-state index in [4.69, 9.17) is 20.7 Å². The summed E-state index contributed by atoms with van der Waals surface area (Å²) >= 11 is 0. The lowest BCUT2D eigenvalue weighted by molar-refractivity contribution is 0.442. The van der Waals surface area contributed by atoms with Crippen molar-refractivity contribution in [3.8, 4) is 17.6 Å². The molecule has 0 bridgehead atoms. The van der Waals surface area contributed by atoms with Crippen molar-refractivity contribution >= 4 is 19.7 Å². The molecule has 0 saturated carbocycles. The van der Waals surface area contributed by atoms with E-state index in [-0.39, 0.29) is 22.0 Å². The summed E-state index contributed by atoms with van der Waals surface area (Å²) in [5.74, 6) is -0.499. The van der Waals surface area contributed by atoms with Gasteiger partial charge in [0.15, 0.2) is 11.6 Å². The van der Waals surface area contributed by atoms with Crippen molar-refractivity contribution in [3.05, 3.63) is 53.8 Å². The highest BCUT2D eigenvalue weighted by Gasteiger charge is 2.10. The molecule has 0 unspecified atom stereocenters. The maximum Gasteiger partial charge on any atom is 0.261 e. The molecule has 0 saturated heterocycles. The van der Waals surface area contributed by atoms with Crippen LogP contribution in [0.25, 0.3) is 0 Å². The SMILES string of the molecule is N#Cc1ccc(Oc2ccc(S(=O)(=O)Cl)cc2)c(F)c1. The first kappa shape index (κ1) is 14.3. The number of benzene rings is 2. The van der Waals surface area contributed by atoms with Gasteiger partial charge in [0.2, 0.25) is 0 Å². The summed E-state index contributed by atoms with van der Waals surface area (Å²) < 4.78 is 41.0. The first-order valence-corrected chi connectivity index (χ1v) is 7.63. The summed E-state index contributed by atoms with van der Waals surface area (Å²) in [6, 6.07) is 10.8. The minimum Gasteiger partial charge on any atom is -0.454 e. The lowest BCUT2D eigenvalue weighted by atomic mass is 10.2. The Morgan fingerprint density at radius 3 is 2.30 bits per heavy atom. The fourth-order valence-corrected chi connectivity index (χ4v) is 2.22. The Bertz CT molecular complexity index is 782. The van der Waals surface area contributed by atoms with Gasteiger partial charge in [0.1, 0.15) is 5.75 Å². The molecule has 0 amide bonds. The highest BCUT2D eigenvalue weighted by Crippen LogP contribution is 2.26. The molecule has 20 heavy (non-hydrogen) atoms. The predicted octanol–water partition coefficient (Wildman–Crippen LogP) is 3.42. The minimum atomic E-state index is -3.80. The van der Waals surface area contributed by atoms with Crippen molar-refractivity contribution in [2.24, 2.45) is 0 Å². The van der Waals surface area contributed by atoms with Gasteiger partial charge in [-0.3, -0.25) is 0 Å². The smallest absolute Gasteiger partial charge is 0.261 e. The van der Waals surface area contributed by atoms with Gasteiger partial charge in [0.25, 0.3) is 9.05 Å². The van der Waals surface area contributed by atoms with E-state index < -0.39 is 14.9 Å². The largest absolute Gasteiger partial charge is 0.454 e. The molecule has 0 aromatic heterocycles. The number of nitriles is 1. The van der Waals surface area contributed by atoms with Crippen molar-refractivity contribution < 1.29 is 17.5 Å². The van der Waals surface area contributed by atoms with Gasteiger partial charge in [-0.2, -0.15) is 5.26 Å². The van der Waals surface area contributed by atoms with Crippen LogP contribution < -0.4 is 4.74 Å². The first-order chi connectivity index (χ1) is 9.40. The van der Waals surface area contributed by atoms with E-state index in [0.717, 1.165) is 6.07 Å². The molecular formula is C13H7ClFNO3S.